The Labute approximate surface area is 134 Å². The molecule has 4 rings (SSSR count). The number of halogens is 1. The largest absolute Gasteiger partial charge is 0.431 e. The topological polar surface area (TPSA) is 65.0 Å². The maximum Gasteiger partial charge on any atom is 0.257 e. The lowest BCUT2D eigenvalue weighted by molar-refractivity contribution is 0.391. The van der Waals surface area contributed by atoms with Crippen LogP contribution < -0.4 is 0 Å². The van der Waals surface area contributed by atoms with E-state index >= 15 is 0 Å². The van der Waals surface area contributed by atoms with Gasteiger partial charge in [0.15, 0.2) is 5.58 Å². The van der Waals surface area contributed by atoms with Crippen molar-refractivity contribution in [3.05, 3.63) is 60.2 Å². The van der Waals surface area contributed by atoms with Crippen molar-refractivity contribution in [3.63, 3.8) is 0 Å². The number of rotatable bonds is 4. The van der Waals surface area contributed by atoms with E-state index in [1.165, 1.54) is 23.9 Å². The van der Waals surface area contributed by atoms with Crippen molar-refractivity contribution < 1.29 is 13.3 Å². The second kappa shape index (κ2) is 5.85. The Balaban J connectivity index is 1.48. The first kappa shape index (κ1) is 14.0. The Morgan fingerprint density at radius 2 is 1.83 bits per heavy atom. The van der Waals surface area contributed by atoms with Gasteiger partial charge in [0.1, 0.15) is 11.3 Å². The van der Waals surface area contributed by atoms with E-state index in [4.69, 9.17) is 8.94 Å². The lowest BCUT2D eigenvalue weighted by Crippen LogP contribution is -1.83. The van der Waals surface area contributed by atoms with Gasteiger partial charge in [-0.05, 0) is 36.4 Å². The molecule has 0 radical (unpaired) electrons. The fourth-order valence-electron chi connectivity index (χ4n) is 2.07. The van der Waals surface area contributed by atoms with Crippen LogP contribution in [0.5, 0.6) is 0 Å². The molecule has 2 aromatic carbocycles. The van der Waals surface area contributed by atoms with Crippen molar-refractivity contribution in [1.29, 1.82) is 0 Å². The minimum atomic E-state index is -0.302. The quantitative estimate of drug-likeness (QED) is 0.520. The molecule has 23 heavy (non-hydrogen) atoms. The van der Waals surface area contributed by atoms with E-state index in [1.54, 1.807) is 12.1 Å². The Kier molecular flexibility index (Phi) is 3.55. The molecule has 0 unspecified atom stereocenters. The number of benzene rings is 2. The predicted molar refractivity (Wildman–Crippen MR) is 83.3 cm³/mol. The molecule has 114 valence electrons. The summed E-state index contributed by atoms with van der Waals surface area (Å²) in [6.45, 7) is 0. The van der Waals surface area contributed by atoms with Crippen molar-refractivity contribution in [3.8, 4) is 11.4 Å². The van der Waals surface area contributed by atoms with Crippen molar-refractivity contribution >= 4 is 22.9 Å². The first-order valence-electron chi connectivity index (χ1n) is 6.85. The number of thioether (sulfide) groups is 1. The molecule has 0 spiro atoms. The van der Waals surface area contributed by atoms with Gasteiger partial charge >= 0.3 is 0 Å². The molecule has 5 nitrogen and oxygen atoms in total. The Morgan fingerprint density at radius 1 is 1.00 bits per heavy atom. The van der Waals surface area contributed by atoms with Gasteiger partial charge in [0, 0.05) is 5.56 Å². The molecule has 0 N–H and O–H groups in total. The summed E-state index contributed by atoms with van der Waals surface area (Å²) < 4.78 is 23.7. The van der Waals surface area contributed by atoms with Crippen LogP contribution in [0.15, 0.2) is 62.7 Å². The maximum atomic E-state index is 12.9. The SMILES string of the molecule is Fc1ccc(-c2noc(CSc3nc4ccccc4o3)n2)cc1. The number of fused-ring (bicyclic) bond motifs is 1. The summed E-state index contributed by atoms with van der Waals surface area (Å²) >= 11 is 1.38. The van der Waals surface area contributed by atoms with Crippen LogP contribution >= 0.6 is 11.8 Å². The molecule has 2 heterocycles. The first-order valence-corrected chi connectivity index (χ1v) is 7.83. The summed E-state index contributed by atoms with van der Waals surface area (Å²) in [4.78, 5) is 8.66. The van der Waals surface area contributed by atoms with Crippen LogP contribution in [0.25, 0.3) is 22.5 Å². The van der Waals surface area contributed by atoms with E-state index < -0.39 is 0 Å². The zero-order valence-corrected chi connectivity index (χ0v) is 12.6. The lowest BCUT2D eigenvalue weighted by Gasteiger charge is -1.92. The van der Waals surface area contributed by atoms with Gasteiger partial charge in [0.05, 0.1) is 5.75 Å². The van der Waals surface area contributed by atoms with E-state index in [0.29, 0.717) is 28.3 Å². The first-order chi connectivity index (χ1) is 11.3. The van der Waals surface area contributed by atoms with Crippen LogP contribution in [0, 0.1) is 5.82 Å². The average Bonchev–Trinajstić information content (AvgIpc) is 3.20. The zero-order valence-electron chi connectivity index (χ0n) is 11.8. The van der Waals surface area contributed by atoms with Crippen molar-refractivity contribution in [2.75, 3.05) is 0 Å². The van der Waals surface area contributed by atoms with Gasteiger partial charge in [0.2, 0.25) is 11.7 Å². The molecule has 2 aromatic heterocycles. The molecular weight excluding hydrogens is 317 g/mol. The molecule has 4 aromatic rings. The third-order valence-corrected chi connectivity index (χ3v) is 3.98. The summed E-state index contributed by atoms with van der Waals surface area (Å²) in [7, 11) is 0. The van der Waals surface area contributed by atoms with Gasteiger partial charge in [-0.15, -0.1) is 0 Å². The summed E-state index contributed by atoms with van der Waals surface area (Å²) in [6.07, 6.45) is 0. The standard InChI is InChI=1S/C16H10FN3O2S/c17-11-7-5-10(6-8-11)15-19-14(22-20-15)9-23-16-18-12-3-1-2-4-13(12)21-16/h1-8H,9H2. The normalized spacial score (nSPS) is 11.2. The number of oxazole rings is 1. The molecular formula is C16H10FN3O2S. The summed E-state index contributed by atoms with van der Waals surface area (Å²) in [5.74, 6) is 1.03. The van der Waals surface area contributed by atoms with Crippen LogP contribution in [-0.4, -0.2) is 15.1 Å². The molecule has 0 aliphatic carbocycles. The highest BCUT2D eigenvalue weighted by Crippen LogP contribution is 2.26. The molecule has 7 heteroatoms. The number of nitrogens with zero attached hydrogens (tertiary/aromatic N) is 3. The zero-order chi connectivity index (χ0) is 15.6. The number of hydrogen-bond donors (Lipinski definition) is 0. The Bertz CT molecular complexity index is 916. The van der Waals surface area contributed by atoms with Gasteiger partial charge in [-0.3, -0.25) is 0 Å². The van der Waals surface area contributed by atoms with E-state index in [2.05, 4.69) is 15.1 Å². The van der Waals surface area contributed by atoms with Crippen LogP contribution in [0.2, 0.25) is 0 Å². The summed E-state index contributed by atoms with van der Waals surface area (Å²) in [6, 6.07) is 13.5. The maximum absolute atomic E-state index is 12.9. The monoisotopic (exact) mass is 327 g/mol. The van der Waals surface area contributed by atoms with Gasteiger partial charge in [-0.25, -0.2) is 9.37 Å². The second-order valence-electron chi connectivity index (χ2n) is 4.75. The van der Waals surface area contributed by atoms with E-state index in [9.17, 15) is 4.39 Å². The molecule has 0 bridgehead atoms. The summed E-state index contributed by atoms with van der Waals surface area (Å²) in [5, 5.41) is 4.45. The lowest BCUT2D eigenvalue weighted by atomic mass is 10.2. The van der Waals surface area contributed by atoms with Gasteiger partial charge in [-0.2, -0.15) is 4.98 Å². The van der Waals surface area contributed by atoms with E-state index in [-0.39, 0.29) is 5.82 Å². The second-order valence-corrected chi connectivity index (χ2v) is 5.68. The Morgan fingerprint density at radius 3 is 2.65 bits per heavy atom. The van der Waals surface area contributed by atoms with Crippen LogP contribution in [0.4, 0.5) is 4.39 Å². The Hall–Kier alpha value is -2.67. The van der Waals surface area contributed by atoms with Crippen LogP contribution in [0.3, 0.4) is 0 Å². The highest BCUT2D eigenvalue weighted by atomic mass is 32.2. The van der Waals surface area contributed by atoms with E-state index in [1.807, 2.05) is 24.3 Å². The van der Waals surface area contributed by atoms with Crippen molar-refractivity contribution in [2.45, 2.75) is 11.0 Å². The molecule has 0 amide bonds. The van der Waals surface area contributed by atoms with Crippen molar-refractivity contribution in [2.24, 2.45) is 0 Å². The minimum Gasteiger partial charge on any atom is -0.431 e. The molecule has 0 saturated carbocycles. The van der Waals surface area contributed by atoms with E-state index in [0.717, 1.165) is 11.1 Å². The number of hydrogen-bond acceptors (Lipinski definition) is 6. The summed E-state index contributed by atoms with van der Waals surface area (Å²) in [5.41, 5.74) is 2.26. The molecule has 0 fully saturated rings. The number of aromatic nitrogens is 3. The highest BCUT2D eigenvalue weighted by Gasteiger charge is 2.11. The fourth-order valence-corrected chi connectivity index (χ4v) is 2.74. The van der Waals surface area contributed by atoms with Gasteiger partial charge < -0.3 is 8.94 Å². The predicted octanol–water partition coefficient (Wildman–Crippen LogP) is 4.31. The minimum absolute atomic E-state index is 0.302. The van der Waals surface area contributed by atoms with Gasteiger partial charge in [0.25, 0.3) is 5.22 Å². The smallest absolute Gasteiger partial charge is 0.257 e. The van der Waals surface area contributed by atoms with Crippen molar-refractivity contribution in [1.82, 2.24) is 15.1 Å². The fraction of sp³-hybridized carbons (Fsp3) is 0.0625. The third kappa shape index (κ3) is 2.95. The molecule has 0 aliphatic heterocycles. The average molecular weight is 327 g/mol. The molecule has 0 aliphatic rings. The third-order valence-electron chi connectivity index (χ3n) is 3.16. The highest BCUT2D eigenvalue weighted by molar-refractivity contribution is 7.98. The molecule has 0 atom stereocenters. The number of para-hydroxylation sites is 2. The van der Waals surface area contributed by atoms with Gasteiger partial charge in [-0.1, -0.05) is 29.1 Å². The molecule has 0 saturated heterocycles. The van der Waals surface area contributed by atoms with Crippen LogP contribution in [-0.2, 0) is 5.75 Å². The van der Waals surface area contributed by atoms with Crippen LogP contribution in [0.1, 0.15) is 5.89 Å².